The summed E-state index contributed by atoms with van der Waals surface area (Å²) < 4.78 is 1.50. The van der Waals surface area contributed by atoms with Gasteiger partial charge < -0.3 is 5.11 Å². The number of pyridine rings is 1. The number of nitrogens with zero attached hydrogens (tertiary/aromatic N) is 3. The summed E-state index contributed by atoms with van der Waals surface area (Å²) in [5.74, 6) is -1.00. The van der Waals surface area contributed by atoms with Gasteiger partial charge >= 0.3 is 5.97 Å². The highest BCUT2D eigenvalue weighted by Crippen LogP contribution is 2.23. The molecular formula is C17H15N3O2. The Labute approximate surface area is 127 Å². The van der Waals surface area contributed by atoms with Gasteiger partial charge in [0.15, 0.2) is 5.69 Å². The molecule has 0 unspecified atom stereocenters. The van der Waals surface area contributed by atoms with E-state index < -0.39 is 5.97 Å². The topological polar surface area (TPSA) is 68.0 Å². The van der Waals surface area contributed by atoms with Crippen molar-refractivity contribution in [2.75, 3.05) is 0 Å². The zero-order chi connectivity index (χ0) is 15.5. The van der Waals surface area contributed by atoms with E-state index in [0.29, 0.717) is 5.69 Å². The van der Waals surface area contributed by atoms with Crippen LogP contribution in [0.1, 0.15) is 23.0 Å². The standard InChI is InChI=1S/C17H15N3O2/c1-2-12-5-3-4-6-15(12)20-16(17(21)22)11-14(19-20)13-7-9-18-10-8-13/h3-11H,2H2,1H3,(H,21,22). The van der Waals surface area contributed by atoms with Crippen LogP contribution in [0.5, 0.6) is 0 Å². The Balaban J connectivity index is 2.19. The molecule has 5 nitrogen and oxygen atoms in total. The highest BCUT2D eigenvalue weighted by Gasteiger charge is 2.18. The number of carboxylic acid groups (broad SMARTS) is 1. The van der Waals surface area contributed by atoms with Gasteiger partial charge in [-0.2, -0.15) is 5.10 Å². The Morgan fingerprint density at radius 1 is 1.18 bits per heavy atom. The summed E-state index contributed by atoms with van der Waals surface area (Å²) in [5, 5.41) is 14.0. The van der Waals surface area contributed by atoms with Gasteiger partial charge in [0.2, 0.25) is 0 Å². The van der Waals surface area contributed by atoms with Gasteiger partial charge in [-0.1, -0.05) is 25.1 Å². The van der Waals surface area contributed by atoms with E-state index in [-0.39, 0.29) is 5.69 Å². The first-order valence-corrected chi connectivity index (χ1v) is 7.02. The van der Waals surface area contributed by atoms with E-state index in [0.717, 1.165) is 23.2 Å². The van der Waals surface area contributed by atoms with Crippen LogP contribution in [0.4, 0.5) is 0 Å². The fourth-order valence-corrected chi connectivity index (χ4v) is 2.40. The molecule has 0 atom stereocenters. The lowest BCUT2D eigenvalue weighted by Crippen LogP contribution is -2.09. The Bertz CT molecular complexity index is 810. The molecule has 0 saturated carbocycles. The number of benzene rings is 1. The fourth-order valence-electron chi connectivity index (χ4n) is 2.40. The lowest BCUT2D eigenvalue weighted by Gasteiger charge is -2.09. The molecule has 0 saturated heterocycles. The maximum Gasteiger partial charge on any atom is 0.354 e. The number of aromatic nitrogens is 3. The van der Waals surface area contributed by atoms with Crippen LogP contribution in [0.3, 0.4) is 0 Å². The van der Waals surface area contributed by atoms with Crippen molar-refractivity contribution >= 4 is 5.97 Å². The highest BCUT2D eigenvalue weighted by molar-refractivity contribution is 5.88. The van der Waals surface area contributed by atoms with Crippen LogP contribution in [0.25, 0.3) is 16.9 Å². The molecule has 3 aromatic rings. The average molecular weight is 293 g/mol. The summed E-state index contributed by atoms with van der Waals surface area (Å²) in [4.78, 5) is 15.5. The van der Waals surface area contributed by atoms with E-state index in [4.69, 9.17) is 0 Å². The van der Waals surface area contributed by atoms with Crippen LogP contribution in [0.2, 0.25) is 0 Å². The van der Waals surface area contributed by atoms with Gasteiger partial charge in [0, 0.05) is 18.0 Å². The van der Waals surface area contributed by atoms with Gasteiger partial charge in [-0.3, -0.25) is 4.98 Å². The Morgan fingerprint density at radius 2 is 1.91 bits per heavy atom. The van der Waals surface area contributed by atoms with Crippen LogP contribution in [0, 0.1) is 0 Å². The van der Waals surface area contributed by atoms with Crippen LogP contribution in [-0.4, -0.2) is 25.8 Å². The van der Waals surface area contributed by atoms with Crippen LogP contribution < -0.4 is 0 Å². The van der Waals surface area contributed by atoms with E-state index >= 15 is 0 Å². The molecule has 0 spiro atoms. The minimum atomic E-state index is -1.00. The van der Waals surface area contributed by atoms with Gasteiger partial charge in [0.25, 0.3) is 0 Å². The maximum absolute atomic E-state index is 11.6. The van der Waals surface area contributed by atoms with Crippen molar-refractivity contribution in [3.8, 4) is 16.9 Å². The molecule has 2 aromatic heterocycles. The van der Waals surface area contributed by atoms with Gasteiger partial charge in [0.1, 0.15) is 0 Å². The summed E-state index contributed by atoms with van der Waals surface area (Å²) >= 11 is 0. The minimum absolute atomic E-state index is 0.146. The van der Waals surface area contributed by atoms with Crippen molar-refractivity contribution in [3.05, 3.63) is 66.1 Å². The van der Waals surface area contributed by atoms with Crippen LogP contribution in [-0.2, 0) is 6.42 Å². The number of carbonyl (C=O) groups is 1. The lowest BCUT2D eigenvalue weighted by molar-refractivity contribution is 0.0687. The molecule has 5 heteroatoms. The number of hydrogen-bond donors (Lipinski definition) is 1. The Kier molecular flexibility index (Phi) is 3.70. The second-order valence-electron chi connectivity index (χ2n) is 4.85. The lowest BCUT2D eigenvalue weighted by atomic mass is 10.1. The third-order valence-corrected chi connectivity index (χ3v) is 3.51. The normalized spacial score (nSPS) is 10.6. The molecule has 1 N–H and O–H groups in total. The molecule has 0 aliphatic rings. The van der Waals surface area contributed by atoms with E-state index in [1.54, 1.807) is 18.5 Å². The molecule has 0 amide bonds. The van der Waals surface area contributed by atoms with Crippen molar-refractivity contribution in [2.24, 2.45) is 0 Å². The number of aryl methyl sites for hydroxylation is 1. The molecule has 3 rings (SSSR count). The first-order chi connectivity index (χ1) is 10.7. The quantitative estimate of drug-likeness (QED) is 0.802. The molecule has 1 aromatic carbocycles. The van der Waals surface area contributed by atoms with Gasteiger partial charge in [-0.25, -0.2) is 9.48 Å². The monoisotopic (exact) mass is 293 g/mol. The summed E-state index contributed by atoms with van der Waals surface area (Å²) in [5.41, 5.74) is 3.45. The SMILES string of the molecule is CCc1ccccc1-n1nc(-c2ccncc2)cc1C(=O)O. The van der Waals surface area contributed by atoms with Crippen molar-refractivity contribution < 1.29 is 9.90 Å². The number of carboxylic acids is 1. The molecule has 0 bridgehead atoms. The third kappa shape index (κ3) is 2.48. The Hall–Kier alpha value is -2.95. The Morgan fingerprint density at radius 3 is 2.59 bits per heavy atom. The molecule has 22 heavy (non-hydrogen) atoms. The summed E-state index contributed by atoms with van der Waals surface area (Å²) in [6, 6.07) is 12.9. The molecule has 2 heterocycles. The van der Waals surface area contributed by atoms with E-state index in [9.17, 15) is 9.90 Å². The first-order valence-electron chi connectivity index (χ1n) is 7.02. The van der Waals surface area contributed by atoms with Crippen LogP contribution >= 0.6 is 0 Å². The van der Waals surface area contributed by atoms with Gasteiger partial charge in [-0.05, 0) is 36.2 Å². The highest BCUT2D eigenvalue weighted by atomic mass is 16.4. The van der Waals surface area contributed by atoms with E-state index in [1.165, 1.54) is 4.68 Å². The van der Waals surface area contributed by atoms with E-state index in [2.05, 4.69) is 10.1 Å². The molecule has 110 valence electrons. The third-order valence-electron chi connectivity index (χ3n) is 3.51. The van der Waals surface area contributed by atoms with Gasteiger partial charge in [-0.15, -0.1) is 0 Å². The van der Waals surface area contributed by atoms with Crippen molar-refractivity contribution in [2.45, 2.75) is 13.3 Å². The largest absolute Gasteiger partial charge is 0.477 e. The predicted octanol–water partition coefficient (Wildman–Crippen LogP) is 3.19. The maximum atomic E-state index is 11.6. The molecule has 0 fully saturated rings. The smallest absolute Gasteiger partial charge is 0.354 e. The molecule has 0 aliphatic carbocycles. The van der Waals surface area contributed by atoms with Gasteiger partial charge in [0.05, 0.1) is 11.4 Å². The summed E-state index contributed by atoms with van der Waals surface area (Å²) in [6.45, 7) is 2.03. The van der Waals surface area contributed by atoms with E-state index in [1.807, 2.05) is 43.3 Å². The molecule has 0 radical (unpaired) electrons. The predicted molar refractivity (Wildman–Crippen MR) is 83.1 cm³/mol. The molecule has 0 aliphatic heterocycles. The fraction of sp³-hybridized carbons (Fsp3) is 0.118. The number of aromatic carboxylic acids is 1. The average Bonchev–Trinajstić information content (AvgIpc) is 3.01. The minimum Gasteiger partial charge on any atom is -0.477 e. The summed E-state index contributed by atoms with van der Waals surface area (Å²) in [7, 11) is 0. The molecular weight excluding hydrogens is 278 g/mol. The second-order valence-corrected chi connectivity index (χ2v) is 4.85. The van der Waals surface area contributed by atoms with Crippen molar-refractivity contribution in [3.63, 3.8) is 0 Å². The zero-order valence-corrected chi connectivity index (χ0v) is 12.1. The summed E-state index contributed by atoms with van der Waals surface area (Å²) in [6.07, 6.45) is 4.13. The number of hydrogen-bond acceptors (Lipinski definition) is 3. The zero-order valence-electron chi connectivity index (χ0n) is 12.1. The van der Waals surface area contributed by atoms with Crippen molar-refractivity contribution in [1.82, 2.24) is 14.8 Å². The first kappa shape index (κ1) is 14.0. The number of rotatable bonds is 4. The number of para-hydroxylation sites is 1. The van der Waals surface area contributed by atoms with Crippen LogP contribution in [0.15, 0.2) is 54.9 Å². The van der Waals surface area contributed by atoms with Crippen molar-refractivity contribution in [1.29, 1.82) is 0 Å². The second kappa shape index (κ2) is 5.81.